The molecule has 1 aliphatic rings. The van der Waals surface area contributed by atoms with Crippen molar-refractivity contribution in [2.24, 2.45) is 5.41 Å². The highest BCUT2D eigenvalue weighted by Gasteiger charge is 2.40. The summed E-state index contributed by atoms with van der Waals surface area (Å²) in [5, 5.41) is 10.0. The van der Waals surface area contributed by atoms with Crippen LogP contribution >= 0.6 is 0 Å². The van der Waals surface area contributed by atoms with E-state index in [0.29, 0.717) is 26.1 Å². The number of benzene rings is 1. The molecule has 0 aliphatic carbocycles. The van der Waals surface area contributed by atoms with Gasteiger partial charge in [0.15, 0.2) is 0 Å². The lowest BCUT2D eigenvalue weighted by molar-refractivity contribution is -0.147. The number of nitrogens with zero attached hydrogens (tertiary/aromatic N) is 2. The zero-order chi connectivity index (χ0) is 15.0. The highest BCUT2D eigenvalue weighted by molar-refractivity contribution is 5.81. The first-order valence-corrected chi connectivity index (χ1v) is 6.97. The Kier molecular flexibility index (Phi) is 3.37. The molecule has 2 aromatic rings. The number of rotatable bonds is 3. The van der Waals surface area contributed by atoms with E-state index in [9.17, 15) is 14.3 Å². The minimum atomic E-state index is -0.771. The van der Waals surface area contributed by atoms with Crippen LogP contribution in [0, 0.1) is 11.2 Å². The van der Waals surface area contributed by atoms with Crippen LogP contribution in [0.3, 0.4) is 0 Å². The van der Waals surface area contributed by atoms with Gasteiger partial charge in [-0.3, -0.25) is 14.7 Å². The third-order valence-electron chi connectivity index (χ3n) is 4.21. The van der Waals surface area contributed by atoms with Gasteiger partial charge >= 0.3 is 5.97 Å². The van der Waals surface area contributed by atoms with Crippen LogP contribution < -0.4 is 0 Å². The van der Waals surface area contributed by atoms with Crippen molar-refractivity contribution in [3.05, 3.63) is 41.8 Å². The van der Waals surface area contributed by atoms with E-state index >= 15 is 0 Å². The molecule has 1 aromatic carbocycles. The number of carboxylic acid groups (broad SMARTS) is 1. The number of carboxylic acids is 1. The second kappa shape index (κ2) is 5.07. The lowest BCUT2D eigenvalue weighted by atomic mass is 9.90. The molecule has 3 rings (SSSR count). The summed E-state index contributed by atoms with van der Waals surface area (Å²) in [5.74, 6) is -1.06. The van der Waals surface area contributed by atoms with E-state index in [2.05, 4.69) is 9.88 Å². The van der Waals surface area contributed by atoms with Gasteiger partial charge in [0, 0.05) is 24.7 Å². The second-order valence-corrected chi connectivity index (χ2v) is 5.97. The molecule has 1 aromatic heterocycles. The summed E-state index contributed by atoms with van der Waals surface area (Å²) in [6, 6.07) is 6.58. The quantitative estimate of drug-likeness (QED) is 0.943. The predicted molar refractivity (Wildman–Crippen MR) is 77.3 cm³/mol. The minimum absolute atomic E-state index is 0.286. The highest BCUT2D eigenvalue weighted by atomic mass is 19.1. The number of carbonyl (C=O) groups is 1. The van der Waals surface area contributed by atoms with Gasteiger partial charge in [-0.15, -0.1) is 0 Å². The zero-order valence-corrected chi connectivity index (χ0v) is 11.8. The van der Waals surface area contributed by atoms with Gasteiger partial charge in [-0.05, 0) is 43.7 Å². The number of fused-ring (bicyclic) bond motifs is 1. The van der Waals surface area contributed by atoms with Gasteiger partial charge in [-0.25, -0.2) is 4.39 Å². The van der Waals surface area contributed by atoms with Gasteiger partial charge in [0.25, 0.3) is 0 Å². The van der Waals surface area contributed by atoms with Crippen LogP contribution in [0.4, 0.5) is 4.39 Å². The molecule has 0 saturated carbocycles. The average molecular weight is 288 g/mol. The molecule has 5 heteroatoms. The monoisotopic (exact) mass is 288 g/mol. The Morgan fingerprint density at radius 3 is 3.05 bits per heavy atom. The molecule has 0 bridgehead atoms. The molecule has 1 fully saturated rings. The molecule has 1 aliphatic heterocycles. The zero-order valence-electron chi connectivity index (χ0n) is 11.8. The molecule has 1 saturated heterocycles. The van der Waals surface area contributed by atoms with Gasteiger partial charge in [0.05, 0.1) is 10.9 Å². The molecular formula is C16H17FN2O2. The normalized spacial score (nSPS) is 22.8. The predicted octanol–water partition coefficient (Wildman–Crippen LogP) is 2.67. The Morgan fingerprint density at radius 2 is 2.33 bits per heavy atom. The highest BCUT2D eigenvalue weighted by Crippen LogP contribution is 2.31. The van der Waals surface area contributed by atoms with Crippen LogP contribution in [0.5, 0.6) is 0 Å². The van der Waals surface area contributed by atoms with Crippen LogP contribution in [-0.2, 0) is 11.3 Å². The molecule has 2 heterocycles. The summed E-state index contributed by atoms with van der Waals surface area (Å²) in [5.41, 5.74) is 0.874. The van der Waals surface area contributed by atoms with Gasteiger partial charge in [0.2, 0.25) is 0 Å². The van der Waals surface area contributed by atoms with E-state index in [1.807, 2.05) is 6.07 Å². The van der Waals surface area contributed by atoms with Crippen LogP contribution in [0.15, 0.2) is 30.5 Å². The van der Waals surface area contributed by atoms with Gasteiger partial charge in [-0.1, -0.05) is 6.07 Å². The Hall–Kier alpha value is -2.01. The molecule has 110 valence electrons. The number of likely N-dealkylation sites (tertiary alicyclic amines) is 1. The van der Waals surface area contributed by atoms with Gasteiger partial charge in [0.1, 0.15) is 5.82 Å². The van der Waals surface area contributed by atoms with Crippen molar-refractivity contribution in [2.75, 3.05) is 13.1 Å². The number of aliphatic carboxylic acids is 1. The fourth-order valence-electron chi connectivity index (χ4n) is 2.96. The van der Waals surface area contributed by atoms with Crippen molar-refractivity contribution in [1.29, 1.82) is 0 Å². The molecule has 0 radical (unpaired) electrons. The molecular weight excluding hydrogens is 271 g/mol. The number of hydrogen-bond donors (Lipinski definition) is 1. The van der Waals surface area contributed by atoms with E-state index in [1.54, 1.807) is 19.2 Å². The standard InChI is InChI=1S/C16H17FN2O2/c1-16(15(20)21)4-6-19(10-16)9-12-8-13(17)7-11-3-2-5-18-14(11)12/h2-3,5,7-8H,4,6,9-10H2,1H3,(H,20,21). The first-order chi connectivity index (χ1) is 9.98. The van der Waals surface area contributed by atoms with E-state index in [1.165, 1.54) is 12.1 Å². The molecule has 21 heavy (non-hydrogen) atoms. The topological polar surface area (TPSA) is 53.4 Å². The van der Waals surface area contributed by atoms with Crippen LogP contribution in [-0.4, -0.2) is 34.0 Å². The fraction of sp³-hybridized carbons (Fsp3) is 0.375. The largest absolute Gasteiger partial charge is 0.481 e. The molecule has 0 spiro atoms. The molecule has 1 atom stereocenters. The average Bonchev–Trinajstić information content (AvgIpc) is 2.81. The first-order valence-electron chi connectivity index (χ1n) is 6.97. The second-order valence-electron chi connectivity index (χ2n) is 5.97. The number of hydrogen-bond acceptors (Lipinski definition) is 3. The SMILES string of the molecule is CC1(C(=O)O)CCN(Cc2cc(F)cc3cccnc23)C1. The Morgan fingerprint density at radius 1 is 1.52 bits per heavy atom. The first kappa shape index (κ1) is 13.9. The Labute approximate surface area is 122 Å². The van der Waals surface area contributed by atoms with Crippen LogP contribution in [0.1, 0.15) is 18.9 Å². The molecule has 1 N–H and O–H groups in total. The van der Waals surface area contributed by atoms with Crippen molar-refractivity contribution in [3.63, 3.8) is 0 Å². The van der Waals surface area contributed by atoms with Gasteiger partial charge < -0.3 is 5.11 Å². The summed E-state index contributed by atoms with van der Waals surface area (Å²) in [6.45, 7) is 3.46. The number of halogens is 1. The van der Waals surface area contributed by atoms with Crippen molar-refractivity contribution in [1.82, 2.24) is 9.88 Å². The summed E-state index contributed by atoms with van der Waals surface area (Å²) in [7, 11) is 0. The van der Waals surface area contributed by atoms with Crippen LogP contribution in [0.2, 0.25) is 0 Å². The third-order valence-corrected chi connectivity index (χ3v) is 4.21. The lowest BCUT2D eigenvalue weighted by Gasteiger charge is -2.20. The van der Waals surface area contributed by atoms with Crippen molar-refractivity contribution in [2.45, 2.75) is 19.9 Å². The third kappa shape index (κ3) is 2.61. The molecule has 0 amide bonds. The summed E-state index contributed by atoms with van der Waals surface area (Å²) < 4.78 is 13.7. The van der Waals surface area contributed by atoms with Gasteiger partial charge in [-0.2, -0.15) is 0 Å². The van der Waals surface area contributed by atoms with E-state index in [4.69, 9.17) is 0 Å². The smallest absolute Gasteiger partial charge is 0.310 e. The van der Waals surface area contributed by atoms with Crippen molar-refractivity contribution < 1.29 is 14.3 Å². The molecule has 1 unspecified atom stereocenters. The summed E-state index contributed by atoms with van der Waals surface area (Å²) in [4.78, 5) is 17.7. The van der Waals surface area contributed by atoms with E-state index in [-0.39, 0.29) is 5.82 Å². The Balaban J connectivity index is 1.88. The number of pyridine rings is 1. The van der Waals surface area contributed by atoms with E-state index < -0.39 is 11.4 Å². The van der Waals surface area contributed by atoms with E-state index in [0.717, 1.165) is 16.5 Å². The summed E-state index contributed by atoms with van der Waals surface area (Å²) in [6.07, 6.45) is 2.30. The lowest BCUT2D eigenvalue weighted by Crippen LogP contribution is -2.31. The number of aromatic nitrogens is 1. The maximum Gasteiger partial charge on any atom is 0.310 e. The Bertz CT molecular complexity index is 704. The molecule has 4 nitrogen and oxygen atoms in total. The fourth-order valence-corrected chi connectivity index (χ4v) is 2.96. The van der Waals surface area contributed by atoms with Crippen molar-refractivity contribution in [3.8, 4) is 0 Å². The van der Waals surface area contributed by atoms with Crippen molar-refractivity contribution >= 4 is 16.9 Å². The van der Waals surface area contributed by atoms with Crippen LogP contribution in [0.25, 0.3) is 10.9 Å². The minimum Gasteiger partial charge on any atom is -0.481 e. The summed E-state index contributed by atoms with van der Waals surface area (Å²) >= 11 is 0. The maximum absolute atomic E-state index is 13.7. The maximum atomic E-state index is 13.7.